The topological polar surface area (TPSA) is 24.9 Å². The van der Waals surface area contributed by atoms with Gasteiger partial charge in [0.05, 0.1) is 16.7 Å². The number of fused-ring (bicyclic) bond motifs is 2. The maximum atomic E-state index is 4.85. The highest BCUT2D eigenvalue weighted by molar-refractivity contribution is 6.23. The van der Waals surface area contributed by atoms with Gasteiger partial charge >= 0.3 is 0 Å². The zero-order valence-electron chi connectivity index (χ0n) is 19.6. The van der Waals surface area contributed by atoms with E-state index >= 15 is 0 Å². The first kappa shape index (κ1) is 20.2. The first-order chi connectivity index (χ1) is 17.4. The standard InChI is InChI=1S/C33H26N2/c1-3-13-29-27(11-1)33(28-12-2-4-14-30(28)35-29)34-21-6-5-8-22-15-16-25-18-17-23-9-7-10-24-19-20-26(22)32(25)31(23)24/h1-4,7,9-20H,5-6,8,21H2,(H,34,35). The maximum absolute atomic E-state index is 4.85. The number of benzene rings is 6. The molecule has 0 amide bonds. The van der Waals surface area contributed by atoms with E-state index in [0.717, 1.165) is 36.8 Å². The average Bonchev–Trinajstić information content (AvgIpc) is 2.91. The van der Waals surface area contributed by atoms with Gasteiger partial charge < -0.3 is 5.32 Å². The van der Waals surface area contributed by atoms with E-state index in [0.29, 0.717) is 0 Å². The van der Waals surface area contributed by atoms with Crippen LogP contribution >= 0.6 is 0 Å². The van der Waals surface area contributed by atoms with Crippen LogP contribution in [0.25, 0.3) is 54.1 Å². The van der Waals surface area contributed by atoms with Gasteiger partial charge in [-0.25, -0.2) is 4.98 Å². The van der Waals surface area contributed by atoms with E-state index in [-0.39, 0.29) is 0 Å². The smallest absolute Gasteiger partial charge is 0.0730 e. The molecule has 7 rings (SSSR count). The average molecular weight is 451 g/mol. The Morgan fingerprint density at radius 2 is 1.14 bits per heavy atom. The largest absolute Gasteiger partial charge is 0.384 e. The highest BCUT2D eigenvalue weighted by Gasteiger charge is 2.11. The number of unbranched alkanes of at least 4 members (excludes halogenated alkanes) is 1. The highest BCUT2D eigenvalue weighted by atomic mass is 14.9. The Kier molecular flexibility index (Phi) is 4.77. The lowest BCUT2D eigenvalue weighted by molar-refractivity contribution is 0.767. The van der Waals surface area contributed by atoms with E-state index < -0.39 is 0 Å². The molecule has 0 aliphatic heterocycles. The molecule has 1 aromatic heterocycles. The summed E-state index contributed by atoms with van der Waals surface area (Å²) in [5.74, 6) is 0. The van der Waals surface area contributed by atoms with Gasteiger partial charge in [0.1, 0.15) is 0 Å². The minimum atomic E-state index is 0.948. The number of hydrogen-bond donors (Lipinski definition) is 1. The van der Waals surface area contributed by atoms with Crippen molar-refractivity contribution in [1.82, 2.24) is 4.98 Å². The second-order valence-corrected chi connectivity index (χ2v) is 9.49. The number of aromatic nitrogens is 1. The summed E-state index contributed by atoms with van der Waals surface area (Å²) >= 11 is 0. The fourth-order valence-electron chi connectivity index (χ4n) is 5.70. The number of nitrogens with zero attached hydrogens (tertiary/aromatic N) is 1. The molecule has 0 saturated carbocycles. The molecule has 0 aliphatic rings. The zero-order valence-corrected chi connectivity index (χ0v) is 19.6. The first-order valence-electron chi connectivity index (χ1n) is 12.5. The van der Waals surface area contributed by atoms with Gasteiger partial charge in [0, 0.05) is 17.3 Å². The van der Waals surface area contributed by atoms with E-state index in [9.17, 15) is 0 Å². The van der Waals surface area contributed by atoms with Gasteiger partial charge in [-0.1, -0.05) is 91.0 Å². The lowest BCUT2D eigenvalue weighted by Crippen LogP contribution is -2.04. The minimum absolute atomic E-state index is 0.948. The molecule has 0 fully saturated rings. The third-order valence-electron chi connectivity index (χ3n) is 7.38. The Balaban J connectivity index is 1.13. The number of rotatable bonds is 6. The summed E-state index contributed by atoms with van der Waals surface area (Å²) in [6.45, 7) is 0.948. The summed E-state index contributed by atoms with van der Waals surface area (Å²) in [5.41, 5.74) is 4.74. The number of anilines is 1. The van der Waals surface area contributed by atoms with Crippen LogP contribution in [0.4, 0.5) is 5.69 Å². The van der Waals surface area contributed by atoms with Crippen LogP contribution in [0, 0.1) is 0 Å². The van der Waals surface area contributed by atoms with Gasteiger partial charge in [0.2, 0.25) is 0 Å². The predicted molar refractivity (Wildman–Crippen MR) is 151 cm³/mol. The molecule has 0 unspecified atom stereocenters. The fraction of sp³-hybridized carbons (Fsp3) is 0.121. The van der Waals surface area contributed by atoms with Crippen LogP contribution in [0.3, 0.4) is 0 Å². The lowest BCUT2D eigenvalue weighted by Gasteiger charge is -2.15. The molecule has 7 aromatic rings. The fourth-order valence-corrected chi connectivity index (χ4v) is 5.70. The molecule has 0 aliphatic carbocycles. The van der Waals surface area contributed by atoms with Crippen molar-refractivity contribution in [2.75, 3.05) is 11.9 Å². The molecule has 0 bridgehead atoms. The van der Waals surface area contributed by atoms with Crippen LogP contribution in [0.1, 0.15) is 18.4 Å². The summed E-state index contributed by atoms with van der Waals surface area (Å²) in [6, 6.07) is 37.2. The molecule has 35 heavy (non-hydrogen) atoms. The second-order valence-electron chi connectivity index (χ2n) is 9.49. The summed E-state index contributed by atoms with van der Waals surface area (Å²) < 4.78 is 0. The number of para-hydroxylation sites is 2. The quantitative estimate of drug-likeness (QED) is 0.156. The van der Waals surface area contributed by atoms with Crippen molar-refractivity contribution in [2.45, 2.75) is 19.3 Å². The SMILES string of the molecule is c1cc2ccc3ccc(CCCCNc4c5ccccc5nc5ccccc45)c4ccc(c1)c2c34. The van der Waals surface area contributed by atoms with E-state index in [1.807, 2.05) is 0 Å². The van der Waals surface area contributed by atoms with Gasteiger partial charge in [-0.05, 0) is 69.3 Å². The van der Waals surface area contributed by atoms with Crippen molar-refractivity contribution in [3.8, 4) is 0 Å². The number of aryl methyl sites for hydroxylation is 1. The van der Waals surface area contributed by atoms with Crippen molar-refractivity contribution < 1.29 is 0 Å². The van der Waals surface area contributed by atoms with Crippen molar-refractivity contribution in [3.05, 3.63) is 109 Å². The molecule has 1 N–H and O–H groups in total. The third-order valence-corrected chi connectivity index (χ3v) is 7.38. The monoisotopic (exact) mass is 450 g/mol. The van der Waals surface area contributed by atoms with E-state index in [1.54, 1.807) is 0 Å². The molecule has 2 heteroatoms. The van der Waals surface area contributed by atoms with Gasteiger partial charge in [0.25, 0.3) is 0 Å². The molecule has 1 heterocycles. The Hall–Kier alpha value is -4.17. The van der Waals surface area contributed by atoms with Gasteiger partial charge in [-0.2, -0.15) is 0 Å². The second kappa shape index (κ2) is 8.25. The summed E-state index contributed by atoms with van der Waals surface area (Å²) in [6.07, 6.45) is 3.36. The van der Waals surface area contributed by atoms with Gasteiger partial charge in [-0.3, -0.25) is 0 Å². The van der Waals surface area contributed by atoms with Crippen LogP contribution in [-0.4, -0.2) is 11.5 Å². The molecule has 2 nitrogen and oxygen atoms in total. The van der Waals surface area contributed by atoms with Gasteiger partial charge in [0.15, 0.2) is 0 Å². The van der Waals surface area contributed by atoms with Crippen LogP contribution in [0.2, 0.25) is 0 Å². The van der Waals surface area contributed by atoms with Crippen LogP contribution in [0.5, 0.6) is 0 Å². The molecule has 0 atom stereocenters. The third kappa shape index (κ3) is 3.37. The van der Waals surface area contributed by atoms with E-state index in [2.05, 4.69) is 108 Å². The van der Waals surface area contributed by atoms with Crippen LogP contribution in [0.15, 0.2) is 103 Å². The van der Waals surface area contributed by atoms with Crippen LogP contribution < -0.4 is 5.32 Å². The first-order valence-corrected chi connectivity index (χ1v) is 12.5. The molecule has 0 radical (unpaired) electrons. The summed E-state index contributed by atoms with van der Waals surface area (Å²) in [5, 5.41) is 14.4. The molecule has 0 saturated heterocycles. The Labute approximate surface area is 204 Å². The normalized spacial score (nSPS) is 11.9. The Morgan fingerprint density at radius 1 is 0.514 bits per heavy atom. The van der Waals surface area contributed by atoms with E-state index in [1.165, 1.54) is 54.3 Å². The van der Waals surface area contributed by atoms with Crippen molar-refractivity contribution in [3.63, 3.8) is 0 Å². The molecular formula is C33H26N2. The van der Waals surface area contributed by atoms with Crippen LogP contribution in [-0.2, 0) is 6.42 Å². The van der Waals surface area contributed by atoms with Gasteiger partial charge in [-0.15, -0.1) is 0 Å². The number of hydrogen-bond acceptors (Lipinski definition) is 2. The van der Waals surface area contributed by atoms with Crippen molar-refractivity contribution >= 4 is 59.8 Å². The molecule has 168 valence electrons. The maximum Gasteiger partial charge on any atom is 0.0730 e. The number of pyridine rings is 1. The predicted octanol–water partition coefficient (Wildman–Crippen LogP) is 8.72. The lowest BCUT2D eigenvalue weighted by atomic mass is 9.90. The molecular weight excluding hydrogens is 424 g/mol. The van der Waals surface area contributed by atoms with E-state index in [4.69, 9.17) is 4.98 Å². The molecule has 0 spiro atoms. The number of nitrogens with one attached hydrogen (secondary N) is 1. The Bertz CT molecular complexity index is 1760. The van der Waals surface area contributed by atoms with Crippen molar-refractivity contribution in [1.29, 1.82) is 0 Å². The van der Waals surface area contributed by atoms with Crippen molar-refractivity contribution in [2.24, 2.45) is 0 Å². The summed E-state index contributed by atoms with van der Waals surface area (Å²) in [7, 11) is 0. The Morgan fingerprint density at radius 3 is 1.89 bits per heavy atom. The summed E-state index contributed by atoms with van der Waals surface area (Å²) in [4.78, 5) is 4.85. The molecule has 6 aromatic carbocycles. The zero-order chi connectivity index (χ0) is 23.2. The minimum Gasteiger partial charge on any atom is -0.384 e. The highest BCUT2D eigenvalue weighted by Crippen LogP contribution is 2.36.